The van der Waals surface area contributed by atoms with Gasteiger partial charge < -0.3 is 14.7 Å². The van der Waals surface area contributed by atoms with Crippen LogP contribution in [0.4, 0.5) is 10.5 Å². The number of rotatable bonds is 6. The van der Waals surface area contributed by atoms with Gasteiger partial charge in [0.15, 0.2) is 0 Å². The Bertz CT molecular complexity index is 504. The van der Waals surface area contributed by atoms with Crippen LogP contribution in [0.2, 0.25) is 0 Å². The molecule has 0 aliphatic carbocycles. The third kappa shape index (κ3) is 4.11. The highest BCUT2D eigenvalue weighted by atomic mass is 16.5. The fourth-order valence-electron chi connectivity index (χ4n) is 2.20. The van der Waals surface area contributed by atoms with Gasteiger partial charge in [-0.05, 0) is 26.0 Å². The lowest BCUT2D eigenvalue weighted by molar-refractivity contribution is -0.138. The summed E-state index contributed by atoms with van der Waals surface area (Å²) in [4.78, 5) is 26.4. The maximum Gasteiger partial charge on any atom is 0.324 e. The van der Waals surface area contributed by atoms with Crippen LogP contribution in [0.5, 0.6) is 5.75 Å². The summed E-state index contributed by atoms with van der Waals surface area (Å²) < 4.78 is 5.25. The molecule has 0 saturated carbocycles. The predicted octanol–water partition coefficient (Wildman–Crippen LogP) is 2.44. The number of carboxylic acids is 1. The summed E-state index contributed by atoms with van der Waals surface area (Å²) in [5.41, 5.74) is 0.644. The van der Waals surface area contributed by atoms with Crippen molar-refractivity contribution in [3.05, 3.63) is 24.3 Å². The average molecular weight is 294 g/mol. The van der Waals surface area contributed by atoms with E-state index in [1.807, 2.05) is 19.1 Å². The normalized spacial score (nSPS) is 11.6. The van der Waals surface area contributed by atoms with Crippen molar-refractivity contribution in [1.82, 2.24) is 4.90 Å². The molecule has 0 heterocycles. The van der Waals surface area contributed by atoms with Crippen LogP contribution in [0.25, 0.3) is 0 Å². The first-order valence-corrected chi connectivity index (χ1v) is 6.81. The maximum atomic E-state index is 12.6. The van der Waals surface area contributed by atoms with Crippen molar-refractivity contribution in [1.29, 1.82) is 0 Å². The van der Waals surface area contributed by atoms with Crippen LogP contribution >= 0.6 is 0 Å². The Labute approximate surface area is 124 Å². The SMILES string of the molecule is CCN(C(=O)N(C)c1ccccc1OC)C(C)CC(=O)O. The third-order valence-corrected chi connectivity index (χ3v) is 3.32. The number of methoxy groups -OCH3 is 1. The van der Waals surface area contributed by atoms with Gasteiger partial charge >= 0.3 is 12.0 Å². The highest BCUT2D eigenvalue weighted by molar-refractivity contribution is 5.93. The topological polar surface area (TPSA) is 70.1 Å². The average Bonchev–Trinajstić information content (AvgIpc) is 2.46. The quantitative estimate of drug-likeness (QED) is 0.875. The van der Waals surface area contributed by atoms with Gasteiger partial charge in [0.1, 0.15) is 5.75 Å². The highest BCUT2D eigenvalue weighted by Gasteiger charge is 2.25. The van der Waals surface area contributed by atoms with Crippen LogP contribution in [0, 0.1) is 0 Å². The Morgan fingerprint density at radius 3 is 2.48 bits per heavy atom. The van der Waals surface area contributed by atoms with E-state index in [9.17, 15) is 9.59 Å². The number of carboxylic acid groups (broad SMARTS) is 1. The molecule has 1 rings (SSSR count). The van der Waals surface area contributed by atoms with Crippen LogP contribution in [0.1, 0.15) is 20.3 Å². The summed E-state index contributed by atoms with van der Waals surface area (Å²) >= 11 is 0. The third-order valence-electron chi connectivity index (χ3n) is 3.32. The zero-order chi connectivity index (χ0) is 16.0. The molecule has 1 unspecified atom stereocenters. The van der Waals surface area contributed by atoms with Crippen molar-refractivity contribution in [2.75, 3.05) is 25.6 Å². The van der Waals surface area contributed by atoms with Crippen molar-refractivity contribution < 1.29 is 19.4 Å². The minimum Gasteiger partial charge on any atom is -0.495 e. The van der Waals surface area contributed by atoms with Gasteiger partial charge in [0.05, 0.1) is 19.2 Å². The lowest BCUT2D eigenvalue weighted by atomic mass is 10.2. The van der Waals surface area contributed by atoms with Gasteiger partial charge in [-0.15, -0.1) is 0 Å². The molecular formula is C15H22N2O4. The Morgan fingerprint density at radius 2 is 1.95 bits per heavy atom. The van der Waals surface area contributed by atoms with Gasteiger partial charge in [-0.3, -0.25) is 9.69 Å². The number of nitrogens with zero attached hydrogens (tertiary/aromatic N) is 2. The summed E-state index contributed by atoms with van der Waals surface area (Å²) in [6, 6.07) is 6.57. The van der Waals surface area contributed by atoms with E-state index < -0.39 is 5.97 Å². The number of hydrogen-bond donors (Lipinski definition) is 1. The Kier molecular flexibility index (Phi) is 6.02. The predicted molar refractivity (Wildman–Crippen MR) is 80.9 cm³/mol. The summed E-state index contributed by atoms with van der Waals surface area (Å²) in [6.45, 7) is 3.99. The lowest BCUT2D eigenvalue weighted by Crippen LogP contribution is -2.46. The molecule has 0 aliphatic heterocycles. The first-order valence-electron chi connectivity index (χ1n) is 6.81. The van der Waals surface area contributed by atoms with Crippen molar-refractivity contribution in [2.45, 2.75) is 26.3 Å². The summed E-state index contributed by atoms with van der Waals surface area (Å²) in [5, 5.41) is 8.88. The van der Waals surface area contributed by atoms with Gasteiger partial charge in [0.25, 0.3) is 0 Å². The molecule has 1 N–H and O–H groups in total. The van der Waals surface area contributed by atoms with Crippen LogP contribution in [0.15, 0.2) is 24.3 Å². The molecule has 6 heteroatoms. The van der Waals surface area contributed by atoms with E-state index in [1.54, 1.807) is 33.2 Å². The zero-order valence-corrected chi connectivity index (χ0v) is 12.9. The standard InChI is InChI=1S/C15H22N2O4/c1-5-17(11(2)10-14(18)19)15(20)16(3)12-8-6-7-9-13(12)21-4/h6-9,11H,5,10H2,1-4H3,(H,18,19). The van der Waals surface area contributed by atoms with Crippen molar-refractivity contribution >= 4 is 17.7 Å². The van der Waals surface area contributed by atoms with E-state index in [0.29, 0.717) is 18.0 Å². The van der Waals surface area contributed by atoms with E-state index in [2.05, 4.69) is 0 Å². The highest BCUT2D eigenvalue weighted by Crippen LogP contribution is 2.27. The minimum atomic E-state index is -0.923. The fraction of sp³-hybridized carbons (Fsp3) is 0.467. The maximum absolute atomic E-state index is 12.6. The van der Waals surface area contributed by atoms with Crippen LogP contribution < -0.4 is 9.64 Å². The molecule has 2 amide bonds. The smallest absolute Gasteiger partial charge is 0.324 e. The van der Waals surface area contributed by atoms with Crippen molar-refractivity contribution in [2.24, 2.45) is 0 Å². The van der Waals surface area contributed by atoms with Crippen LogP contribution in [-0.2, 0) is 4.79 Å². The van der Waals surface area contributed by atoms with Gasteiger partial charge in [-0.25, -0.2) is 4.79 Å². The van der Waals surface area contributed by atoms with Crippen LogP contribution in [-0.4, -0.2) is 48.8 Å². The van der Waals surface area contributed by atoms with E-state index in [4.69, 9.17) is 9.84 Å². The molecular weight excluding hydrogens is 272 g/mol. The summed E-state index contributed by atoms with van der Waals surface area (Å²) in [7, 11) is 3.19. The molecule has 0 radical (unpaired) electrons. The van der Waals surface area contributed by atoms with Gasteiger partial charge in [-0.1, -0.05) is 12.1 Å². The largest absolute Gasteiger partial charge is 0.495 e. The lowest BCUT2D eigenvalue weighted by Gasteiger charge is -2.32. The molecule has 0 aromatic heterocycles. The molecule has 21 heavy (non-hydrogen) atoms. The van der Waals surface area contributed by atoms with E-state index in [0.717, 1.165) is 0 Å². The number of benzene rings is 1. The molecule has 6 nitrogen and oxygen atoms in total. The summed E-state index contributed by atoms with van der Waals surface area (Å²) in [5.74, 6) is -0.330. The Morgan fingerprint density at radius 1 is 1.33 bits per heavy atom. The number of carbonyl (C=O) groups excluding carboxylic acids is 1. The first kappa shape index (κ1) is 16.8. The molecule has 116 valence electrons. The second kappa shape index (κ2) is 7.52. The number of urea groups is 1. The second-order valence-corrected chi connectivity index (χ2v) is 4.75. The zero-order valence-electron chi connectivity index (χ0n) is 12.9. The Balaban J connectivity index is 2.96. The van der Waals surface area contributed by atoms with Gasteiger partial charge in [0, 0.05) is 19.6 Å². The molecule has 1 aromatic carbocycles. The monoisotopic (exact) mass is 294 g/mol. The van der Waals surface area contributed by atoms with Crippen LogP contribution in [0.3, 0.4) is 0 Å². The number of aliphatic carboxylic acids is 1. The number of para-hydroxylation sites is 2. The molecule has 0 bridgehead atoms. The molecule has 0 aliphatic rings. The molecule has 0 spiro atoms. The number of hydrogen-bond acceptors (Lipinski definition) is 3. The van der Waals surface area contributed by atoms with Gasteiger partial charge in [0.2, 0.25) is 0 Å². The molecule has 0 saturated heterocycles. The first-order chi connectivity index (χ1) is 9.92. The number of anilines is 1. The summed E-state index contributed by atoms with van der Waals surface area (Å²) in [6.07, 6.45) is -0.0840. The van der Waals surface area contributed by atoms with E-state index >= 15 is 0 Å². The molecule has 0 fully saturated rings. The van der Waals surface area contributed by atoms with Crippen molar-refractivity contribution in [3.63, 3.8) is 0 Å². The van der Waals surface area contributed by atoms with E-state index in [1.165, 1.54) is 9.80 Å². The molecule has 1 atom stereocenters. The second-order valence-electron chi connectivity index (χ2n) is 4.75. The van der Waals surface area contributed by atoms with Crippen molar-refractivity contribution in [3.8, 4) is 5.75 Å². The van der Waals surface area contributed by atoms with Gasteiger partial charge in [-0.2, -0.15) is 0 Å². The Hall–Kier alpha value is -2.24. The number of amides is 2. The fourth-order valence-corrected chi connectivity index (χ4v) is 2.20. The molecule has 1 aromatic rings. The number of ether oxygens (including phenoxy) is 1. The van der Waals surface area contributed by atoms with E-state index in [-0.39, 0.29) is 18.5 Å². The minimum absolute atomic E-state index is 0.0840. The number of carbonyl (C=O) groups is 2.